The van der Waals surface area contributed by atoms with Crippen molar-refractivity contribution in [1.29, 1.82) is 0 Å². The SMILES string of the molecule is CC(C)c1ccc(C(N)CNC(=O)c2ccc3c(c2)NC(=O)CCS3)cc1.Cl. The fourth-order valence-electron chi connectivity index (χ4n) is 2.91. The number of carbonyl (C=O) groups excluding carboxylic acids is 2. The van der Waals surface area contributed by atoms with Gasteiger partial charge in [0, 0.05) is 35.2 Å². The minimum atomic E-state index is -0.272. The van der Waals surface area contributed by atoms with Gasteiger partial charge in [-0.15, -0.1) is 24.2 Å². The normalized spacial score (nSPS) is 14.4. The zero-order valence-corrected chi connectivity index (χ0v) is 17.7. The van der Waals surface area contributed by atoms with Gasteiger partial charge in [-0.2, -0.15) is 0 Å². The lowest BCUT2D eigenvalue weighted by Gasteiger charge is -2.15. The summed E-state index contributed by atoms with van der Waals surface area (Å²) in [5, 5.41) is 5.74. The van der Waals surface area contributed by atoms with Crippen LogP contribution in [0.4, 0.5) is 5.69 Å². The highest BCUT2D eigenvalue weighted by molar-refractivity contribution is 7.99. The number of carbonyl (C=O) groups is 2. The van der Waals surface area contributed by atoms with Crippen LogP contribution in [-0.2, 0) is 4.79 Å². The van der Waals surface area contributed by atoms with E-state index in [0.29, 0.717) is 30.1 Å². The number of hydrogen-bond donors (Lipinski definition) is 3. The van der Waals surface area contributed by atoms with Gasteiger partial charge in [-0.05, 0) is 35.2 Å². The van der Waals surface area contributed by atoms with Gasteiger partial charge >= 0.3 is 0 Å². The molecule has 3 rings (SSSR count). The van der Waals surface area contributed by atoms with Gasteiger partial charge in [0.05, 0.1) is 5.69 Å². The molecular formula is C21H26ClN3O2S. The maximum absolute atomic E-state index is 12.5. The molecule has 0 saturated carbocycles. The van der Waals surface area contributed by atoms with Crippen LogP contribution in [0.1, 0.15) is 53.7 Å². The van der Waals surface area contributed by atoms with Gasteiger partial charge in [-0.3, -0.25) is 9.59 Å². The zero-order valence-electron chi connectivity index (χ0n) is 16.0. The number of amides is 2. The summed E-state index contributed by atoms with van der Waals surface area (Å²) >= 11 is 1.62. The molecule has 1 unspecified atom stereocenters. The van der Waals surface area contributed by atoms with Crippen LogP contribution in [0.5, 0.6) is 0 Å². The smallest absolute Gasteiger partial charge is 0.251 e. The van der Waals surface area contributed by atoms with Crippen LogP contribution >= 0.6 is 24.2 Å². The van der Waals surface area contributed by atoms with E-state index in [-0.39, 0.29) is 30.3 Å². The number of nitrogens with two attached hydrogens (primary N) is 1. The quantitative estimate of drug-likeness (QED) is 0.681. The Morgan fingerprint density at radius 1 is 1.18 bits per heavy atom. The Kier molecular flexibility index (Phi) is 7.92. The number of anilines is 1. The van der Waals surface area contributed by atoms with Crippen molar-refractivity contribution in [2.24, 2.45) is 5.73 Å². The number of thioether (sulfide) groups is 1. The molecule has 2 aromatic carbocycles. The van der Waals surface area contributed by atoms with Crippen molar-refractivity contribution in [2.45, 2.75) is 37.1 Å². The third-order valence-electron chi connectivity index (χ3n) is 4.62. The molecule has 1 aliphatic rings. The molecule has 1 aliphatic heterocycles. The molecule has 0 aromatic heterocycles. The number of rotatable bonds is 5. The van der Waals surface area contributed by atoms with Crippen LogP contribution in [0.2, 0.25) is 0 Å². The van der Waals surface area contributed by atoms with Gasteiger partial charge in [0.2, 0.25) is 5.91 Å². The summed E-state index contributed by atoms with van der Waals surface area (Å²) in [6.45, 7) is 4.64. The molecule has 0 bridgehead atoms. The van der Waals surface area contributed by atoms with Crippen molar-refractivity contribution in [2.75, 3.05) is 17.6 Å². The summed E-state index contributed by atoms with van der Waals surface area (Å²) in [6, 6.07) is 13.3. The molecule has 5 nitrogen and oxygen atoms in total. The first-order valence-electron chi connectivity index (χ1n) is 9.14. The molecule has 150 valence electrons. The van der Waals surface area contributed by atoms with Gasteiger partial charge < -0.3 is 16.4 Å². The fourth-order valence-corrected chi connectivity index (χ4v) is 3.85. The molecule has 0 radical (unpaired) electrons. The van der Waals surface area contributed by atoms with Crippen LogP contribution in [0.3, 0.4) is 0 Å². The van der Waals surface area contributed by atoms with Crippen molar-refractivity contribution in [1.82, 2.24) is 5.32 Å². The Labute approximate surface area is 176 Å². The summed E-state index contributed by atoms with van der Waals surface area (Å²) in [5.41, 5.74) is 9.69. The highest BCUT2D eigenvalue weighted by atomic mass is 35.5. The van der Waals surface area contributed by atoms with E-state index in [1.807, 2.05) is 18.2 Å². The van der Waals surface area contributed by atoms with Crippen molar-refractivity contribution in [3.8, 4) is 0 Å². The third-order valence-corrected chi connectivity index (χ3v) is 5.69. The summed E-state index contributed by atoms with van der Waals surface area (Å²) < 4.78 is 0. The maximum atomic E-state index is 12.5. The zero-order chi connectivity index (χ0) is 19.4. The topological polar surface area (TPSA) is 84.2 Å². The Bertz CT molecular complexity index is 840. The maximum Gasteiger partial charge on any atom is 0.251 e. The summed E-state index contributed by atoms with van der Waals surface area (Å²) in [7, 11) is 0. The molecule has 1 atom stereocenters. The molecular weight excluding hydrogens is 394 g/mol. The third kappa shape index (κ3) is 5.50. The van der Waals surface area contributed by atoms with E-state index in [4.69, 9.17) is 5.73 Å². The van der Waals surface area contributed by atoms with Crippen molar-refractivity contribution in [3.05, 3.63) is 59.2 Å². The van der Waals surface area contributed by atoms with Gasteiger partial charge in [0.25, 0.3) is 5.91 Å². The van der Waals surface area contributed by atoms with Crippen LogP contribution < -0.4 is 16.4 Å². The van der Waals surface area contributed by atoms with Crippen LogP contribution in [0, 0.1) is 0 Å². The van der Waals surface area contributed by atoms with E-state index in [0.717, 1.165) is 16.2 Å². The van der Waals surface area contributed by atoms with Crippen LogP contribution in [0.25, 0.3) is 0 Å². The molecule has 0 spiro atoms. The summed E-state index contributed by atoms with van der Waals surface area (Å²) in [6.07, 6.45) is 0.478. The van der Waals surface area contributed by atoms with Crippen molar-refractivity contribution >= 4 is 41.7 Å². The Morgan fingerprint density at radius 3 is 2.54 bits per heavy atom. The fraction of sp³-hybridized carbons (Fsp3) is 0.333. The van der Waals surface area contributed by atoms with Gasteiger partial charge in [-0.1, -0.05) is 38.1 Å². The molecule has 0 aliphatic carbocycles. The lowest BCUT2D eigenvalue weighted by Crippen LogP contribution is -2.32. The monoisotopic (exact) mass is 419 g/mol. The van der Waals surface area contributed by atoms with E-state index in [9.17, 15) is 9.59 Å². The first-order valence-corrected chi connectivity index (χ1v) is 10.1. The molecule has 2 aromatic rings. The second-order valence-electron chi connectivity index (χ2n) is 7.00. The standard InChI is InChI=1S/C21H25N3O2S.ClH/c1-13(2)14-3-5-15(6-4-14)17(22)12-23-21(26)16-7-8-19-18(11-16)24-20(25)9-10-27-19;/h3-8,11,13,17H,9-10,12,22H2,1-2H3,(H,23,26)(H,24,25);1H. The highest BCUT2D eigenvalue weighted by Gasteiger charge is 2.16. The van der Waals surface area contributed by atoms with E-state index < -0.39 is 0 Å². The second kappa shape index (κ2) is 9.96. The van der Waals surface area contributed by atoms with Gasteiger partial charge in [-0.25, -0.2) is 0 Å². The minimum Gasteiger partial charge on any atom is -0.350 e. The molecule has 4 N–H and O–H groups in total. The number of hydrogen-bond acceptors (Lipinski definition) is 4. The minimum absolute atomic E-state index is 0. The van der Waals surface area contributed by atoms with Crippen LogP contribution in [0.15, 0.2) is 47.4 Å². The number of halogens is 1. The number of benzene rings is 2. The van der Waals surface area contributed by atoms with E-state index in [1.54, 1.807) is 23.9 Å². The summed E-state index contributed by atoms with van der Waals surface area (Å²) in [4.78, 5) is 25.2. The van der Waals surface area contributed by atoms with E-state index in [1.165, 1.54) is 5.56 Å². The second-order valence-corrected chi connectivity index (χ2v) is 8.13. The van der Waals surface area contributed by atoms with Gasteiger partial charge in [0.15, 0.2) is 0 Å². The predicted molar refractivity (Wildman–Crippen MR) is 117 cm³/mol. The number of nitrogens with one attached hydrogen (secondary N) is 2. The van der Waals surface area contributed by atoms with E-state index in [2.05, 4.69) is 36.6 Å². The first-order chi connectivity index (χ1) is 12.9. The average Bonchev–Trinajstić information content (AvgIpc) is 2.85. The molecule has 1 heterocycles. The van der Waals surface area contributed by atoms with Crippen molar-refractivity contribution in [3.63, 3.8) is 0 Å². The molecule has 0 fully saturated rings. The van der Waals surface area contributed by atoms with Crippen molar-refractivity contribution < 1.29 is 9.59 Å². The Hall–Kier alpha value is -2.02. The molecule has 2 amide bonds. The molecule has 28 heavy (non-hydrogen) atoms. The first kappa shape index (κ1) is 22.3. The molecule has 0 saturated heterocycles. The van der Waals surface area contributed by atoms with E-state index >= 15 is 0 Å². The molecule has 7 heteroatoms. The Balaban J connectivity index is 0.00000280. The van der Waals surface area contributed by atoms with Crippen LogP contribution in [-0.4, -0.2) is 24.1 Å². The van der Waals surface area contributed by atoms with Gasteiger partial charge in [0.1, 0.15) is 0 Å². The average molecular weight is 420 g/mol. The predicted octanol–water partition coefficient (Wildman–Crippen LogP) is 4.10. The lowest BCUT2D eigenvalue weighted by molar-refractivity contribution is -0.115. The summed E-state index contributed by atoms with van der Waals surface area (Å²) in [5.74, 6) is 0.998. The lowest BCUT2D eigenvalue weighted by atomic mass is 9.99. The highest BCUT2D eigenvalue weighted by Crippen LogP contribution is 2.31. The Morgan fingerprint density at radius 2 is 1.86 bits per heavy atom. The number of fused-ring (bicyclic) bond motifs is 1. The largest absolute Gasteiger partial charge is 0.350 e.